The van der Waals surface area contributed by atoms with E-state index in [1.165, 1.54) is 16.2 Å². The van der Waals surface area contributed by atoms with Crippen LogP contribution in [0.3, 0.4) is 0 Å². The van der Waals surface area contributed by atoms with Crippen molar-refractivity contribution in [3.63, 3.8) is 0 Å². The van der Waals surface area contributed by atoms with Crippen LogP contribution >= 0.6 is 11.3 Å². The van der Waals surface area contributed by atoms with E-state index < -0.39 is 6.17 Å². The number of carbonyl (C=O) groups excluding carboxylic acids is 1. The Balaban J connectivity index is 1.92. The molecule has 82 valence electrons. The summed E-state index contributed by atoms with van der Waals surface area (Å²) in [4.78, 5) is 18.1. The number of urea groups is 1. The van der Waals surface area contributed by atoms with Gasteiger partial charge in [-0.1, -0.05) is 0 Å². The molecule has 1 aliphatic heterocycles. The number of anilines is 1. The number of likely N-dealkylation sites (tertiary alicyclic amines) is 1. The Kier molecular flexibility index (Phi) is 2.86. The Hall–Kier alpha value is -1.17. The molecule has 15 heavy (non-hydrogen) atoms. The quantitative estimate of drug-likeness (QED) is 0.800. The van der Waals surface area contributed by atoms with Crippen LogP contribution in [-0.4, -0.2) is 35.2 Å². The van der Waals surface area contributed by atoms with Crippen molar-refractivity contribution in [3.05, 3.63) is 11.1 Å². The molecule has 0 spiro atoms. The molecule has 0 bridgehead atoms. The Labute approximate surface area is 91.1 Å². The van der Waals surface area contributed by atoms with E-state index in [4.69, 9.17) is 0 Å². The summed E-state index contributed by atoms with van der Waals surface area (Å²) in [6.45, 7) is 2.59. The molecule has 0 saturated carbocycles. The van der Waals surface area contributed by atoms with Gasteiger partial charge in [0.1, 0.15) is 6.17 Å². The molecule has 1 fully saturated rings. The van der Waals surface area contributed by atoms with Gasteiger partial charge in [0, 0.05) is 17.6 Å². The lowest BCUT2D eigenvalue weighted by Gasteiger charge is -2.14. The van der Waals surface area contributed by atoms with Gasteiger partial charge in [-0.3, -0.25) is 5.32 Å². The number of aryl methyl sites for hydroxylation is 1. The van der Waals surface area contributed by atoms with Crippen LogP contribution < -0.4 is 5.32 Å². The SMILES string of the molecule is Cc1cnc(NC(=O)N2CC[C@@H](F)C2)s1. The number of hydrogen-bond acceptors (Lipinski definition) is 3. The Morgan fingerprint density at radius 1 is 1.80 bits per heavy atom. The molecule has 1 atom stereocenters. The minimum absolute atomic E-state index is 0.191. The number of nitrogens with zero attached hydrogens (tertiary/aromatic N) is 2. The summed E-state index contributed by atoms with van der Waals surface area (Å²) >= 11 is 1.41. The van der Waals surface area contributed by atoms with Crippen molar-refractivity contribution in [3.8, 4) is 0 Å². The number of carbonyl (C=O) groups is 1. The number of hydrogen-bond donors (Lipinski definition) is 1. The van der Waals surface area contributed by atoms with Crippen molar-refractivity contribution in [2.24, 2.45) is 0 Å². The van der Waals surface area contributed by atoms with Crippen LogP contribution in [0.4, 0.5) is 14.3 Å². The lowest BCUT2D eigenvalue weighted by molar-refractivity contribution is 0.218. The highest BCUT2D eigenvalue weighted by Crippen LogP contribution is 2.18. The highest BCUT2D eigenvalue weighted by atomic mass is 32.1. The zero-order valence-electron chi connectivity index (χ0n) is 8.36. The fraction of sp³-hybridized carbons (Fsp3) is 0.556. The first-order valence-electron chi connectivity index (χ1n) is 4.77. The summed E-state index contributed by atoms with van der Waals surface area (Å²) in [5.41, 5.74) is 0. The maximum atomic E-state index is 12.8. The first-order chi connectivity index (χ1) is 7.15. The van der Waals surface area contributed by atoms with Gasteiger partial charge in [0.05, 0.1) is 6.54 Å². The van der Waals surface area contributed by atoms with E-state index in [1.54, 1.807) is 6.20 Å². The van der Waals surface area contributed by atoms with Gasteiger partial charge in [-0.2, -0.15) is 0 Å². The zero-order chi connectivity index (χ0) is 10.8. The van der Waals surface area contributed by atoms with E-state index in [9.17, 15) is 9.18 Å². The van der Waals surface area contributed by atoms with Gasteiger partial charge in [-0.05, 0) is 13.3 Å². The number of amides is 2. The average Bonchev–Trinajstić information content (AvgIpc) is 2.75. The zero-order valence-corrected chi connectivity index (χ0v) is 9.18. The van der Waals surface area contributed by atoms with E-state index >= 15 is 0 Å². The van der Waals surface area contributed by atoms with Gasteiger partial charge in [0.2, 0.25) is 0 Å². The van der Waals surface area contributed by atoms with E-state index in [0.717, 1.165) is 4.88 Å². The summed E-state index contributed by atoms with van der Waals surface area (Å²) in [5.74, 6) is 0. The second kappa shape index (κ2) is 4.14. The predicted octanol–water partition coefficient (Wildman–Crippen LogP) is 2.03. The minimum atomic E-state index is -0.881. The van der Waals surface area contributed by atoms with Crippen molar-refractivity contribution >= 4 is 22.5 Å². The van der Waals surface area contributed by atoms with Gasteiger partial charge < -0.3 is 4.90 Å². The van der Waals surface area contributed by atoms with Crippen LogP contribution in [0.15, 0.2) is 6.20 Å². The smallest absolute Gasteiger partial charge is 0.321 e. The van der Waals surface area contributed by atoms with E-state index in [2.05, 4.69) is 10.3 Å². The second-order valence-electron chi connectivity index (χ2n) is 3.54. The molecule has 2 rings (SSSR count). The third-order valence-electron chi connectivity index (χ3n) is 2.25. The van der Waals surface area contributed by atoms with Crippen molar-refractivity contribution in [1.29, 1.82) is 0 Å². The maximum absolute atomic E-state index is 12.8. The topological polar surface area (TPSA) is 45.2 Å². The van der Waals surface area contributed by atoms with Crippen LogP contribution in [0.5, 0.6) is 0 Å². The summed E-state index contributed by atoms with van der Waals surface area (Å²) in [6.07, 6.45) is 1.25. The molecule has 0 aromatic carbocycles. The molecule has 0 radical (unpaired) electrons. The maximum Gasteiger partial charge on any atom is 0.323 e. The molecule has 0 aliphatic carbocycles. The van der Waals surface area contributed by atoms with Crippen LogP contribution in [-0.2, 0) is 0 Å². The fourth-order valence-corrected chi connectivity index (χ4v) is 2.14. The predicted molar refractivity (Wildman–Crippen MR) is 57.0 cm³/mol. The largest absolute Gasteiger partial charge is 0.323 e. The highest BCUT2D eigenvalue weighted by molar-refractivity contribution is 7.15. The fourth-order valence-electron chi connectivity index (χ4n) is 1.49. The highest BCUT2D eigenvalue weighted by Gasteiger charge is 2.26. The van der Waals surface area contributed by atoms with E-state index in [0.29, 0.717) is 18.1 Å². The third-order valence-corrected chi connectivity index (χ3v) is 3.08. The van der Waals surface area contributed by atoms with Crippen LogP contribution in [0.1, 0.15) is 11.3 Å². The van der Waals surface area contributed by atoms with Crippen LogP contribution in [0, 0.1) is 6.92 Å². The van der Waals surface area contributed by atoms with Gasteiger partial charge in [-0.15, -0.1) is 11.3 Å². The summed E-state index contributed by atoms with van der Waals surface area (Å²) in [5, 5.41) is 3.22. The summed E-state index contributed by atoms with van der Waals surface area (Å²) in [7, 11) is 0. The molecule has 1 N–H and O–H groups in total. The Morgan fingerprint density at radius 3 is 3.13 bits per heavy atom. The molecule has 2 amide bonds. The molecule has 1 aliphatic rings. The van der Waals surface area contributed by atoms with Gasteiger partial charge >= 0.3 is 6.03 Å². The summed E-state index contributed by atoms with van der Waals surface area (Å²) < 4.78 is 12.8. The molecule has 0 unspecified atom stereocenters. The molecule has 4 nitrogen and oxygen atoms in total. The molecule has 1 aromatic rings. The lowest BCUT2D eigenvalue weighted by Crippen LogP contribution is -2.33. The molecule has 1 saturated heterocycles. The monoisotopic (exact) mass is 229 g/mol. The van der Waals surface area contributed by atoms with Gasteiger partial charge in [0.25, 0.3) is 0 Å². The Bertz CT molecular complexity index is 368. The standard InChI is InChI=1S/C9H12FN3OS/c1-6-4-11-8(15-6)12-9(14)13-3-2-7(10)5-13/h4,7H,2-3,5H2,1H3,(H,11,12,14)/t7-/m1/s1. The van der Waals surface area contributed by atoms with Crippen molar-refractivity contribution in [2.45, 2.75) is 19.5 Å². The molecule has 1 aromatic heterocycles. The van der Waals surface area contributed by atoms with Crippen molar-refractivity contribution < 1.29 is 9.18 Å². The normalized spacial score (nSPS) is 20.7. The first kappa shape index (κ1) is 10.4. The first-order valence-corrected chi connectivity index (χ1v) is 5.59. The Morgan fingerprint density at radius 2 is 2.60 bits per heavy atom. The van der Waals surface area contributed by atoms with Gasteiger partial charge in [-0.25, -0.2) is 14.2 Å². The molecular formula is C9H12FN3OS. The van der Waals surface area contributed by atoms with Crippen molar-refractivity contribution in [1.82, 2.24) is 9.88 Å². The van der Waals surface area contributed by atoms with Crippen molar-refractivity contribution in [2.75, 3.05) is 18.4 Å². The number of thiazole rings is 1. The number of rotatable bonds is 1. The van der Waals surface area contributed by atoms with Crippen LogP contribution in [0.25, 0.3) is 0 Å². The minimum Gasteiger partial charge on any atom is -0.321 e. The second-order valence-corrected chi connectivity index (χ2v) is 4.77. The molecule has 2 heterocycles. The average molecular weight is 229 g/mol. The number of nitrogens with one attached hydrogen (secondary N) is 1. The van der Waals surface area contributed by atoms with Crippen LogP contribution in [0.2, 0.25) is 0 Å². The number of halogens is 1. The molecule has 6 heteroatoms. The summed E-state index contributed by atoms with van der Waals surface area (Å²) in [6, 6.07) is -0.260. The lowest BCUT2D eigenvalue weighted by atomic mass is 10.3. The molecular weight excluding hydrogens is 217 g/mol. The third kappa shape index (κ3) is 2.44. The van der Waals surface area contributed by atoms with E-state index in [1.807, 2.05) is 6.92 Å². The number of aromatic nitrogens is 1. The number of alkyl halides is 1. The van der Waals surface area contributed by atoms with Gasteiger partial charge in [0.15, 0.2) is 5.13 Å². The van der Waals surface area contributed by atoms with E-state index in [-0.39, 0.29) is 12.6 Å².